The van der Waals surface area contributed by atoms with E-state index in [-0.39, 0.29) is 16.9 Å². The van der Waals surface area contributed by atoms with Crippen molar-refractivity contribution in [3.8, 4) is 22.6 Å². The largest absolute Gasteiger partial charge is 0.508 e. The first kappa shape index (κ1) is 18.5. The lowest BCUT2D eigenvalue weighted by atomic mass is 9.91. The van der Waals surface area contributed by atoms with Gasteiger partial charge in [0.2, 0.25) is 0 Å². The molecular weight excluding hydrogens is 400 g/mol. The van der Waals surface area contributed by atoms with E-state index in [2.05, 4.69) is 0 Å². The summed E-state index contributed by atoms with van der Waals surface area (Å²) < 4.78 is 6.44. The SMILES string of the molecule is Cc1ccc(O)cc1-c1c2ccc3cccc(O)c3c2oc2c1ccc1cccc(=O)c12. The Hall–Kier alpha value is -4.31. The van der Waals surface area contributed by atoms with Crippen LogP contribution in [0.2, 0.25) is 0 Å². The van der Waals surface area contributed by atoms with Crippen LogP contribution in [0.1, 0.15) is 5.56 Å². The molecule has 5 aromatic carbocycles. The van der Waals surface area contributed by atoms with Gasteiger partial charge in [0.15, 0.2) is 5.43 Å². The summed E-state index contributed by atoms with van der Waals surface area (Å²) in [7, 11) is 0. The van der Waals surface area contributed by atoms with Crippen molar-refractivity contribution in [2.75, 3.05) is 0 Å². The number of phenols is 2. The van der Waals surface area contributed by atoms with Gasteiger partial charge in [-0.05, 0) is 65.2 Å². The van der Waals surface area contributed by atoms with Crippen LogP contribution in [0.3, 0.4) is 0 Å². The van der Waals surface area contributed by atoms with Gasteiger partial charge in [0, 0.05) is 16.3 Å². The Kier molecular flexibility index (Phi) is 3.80. The number of aromatic hydroxyl groups is 2. The van der Waals surface area contributed by atoms with E-state index < -0.39 is 0 Å². The van der Waals surface area contributed by atoms with Crippen molar-refractivity contribution in [1.82, 2.24) is 0 Å². The molecule has 1 heterocycles. The summed E-state index contributed by atoms with van der Waals surface area (Å²) in [6, 6.07) is 23.5. The third-order valence-corrected chi connectivity index (χ3v) is 6.17. The van der Waals surface area contributed by atoms with Gasteiger partial charge in [-0.25, -0.2) is 0 Å². The molecule has 0 aliphatic carbocycles. The van der Waals surface area contributed by atoms with Gasteiger partial charge in [0.1, 0.15) is 22.7 Å². The summed E-state index contributed by atoms with van der Waals surface area (Å²) in [5.41, 5.74) is 3.51. The zero-order valence-electron chi connectivity index (χ0n) is 17.2. The second-order valence-electron chi connectivity index (χ2n) is 8.09. The van der Waals surface area contributed by atoms with Gasteiger partial charge in [-0.2, -0.15) is 0 Å². The van der Waals surface area contributed by atoms with Crippen molar-refractivity contribution in [2.24, 2.45) is 0 Å². The summed E-state index contributed by atoms with van der Waals surface area (Å²) in [6.07, 6.45) is 0. The number of rotatable bonds is 1. The van der Waals surface area contributed by atoms with Crippen LogP contribution in [0.5, 0.6) is 11.5 Å². The number of aryl methyl sites for hydroxylation is 1. The summed E-state index contributed by atoms with van der Waals surface area (Å²) >= 11 is 0. The Bertz CT molecular complexity index is 1780. The van der Waals surface area contributed by atoms with Crippen LogP contribution in [0.15, 0.2) is 88.1 Å². The molecule has 0 amide bonds. The molecule has 32 heavy (non-hydrogen) atoms. The first-order valence-corrected chi connectivity index (χ1v) is 10.4. The lowest BCUT2D eigenvalue weighted by Gasteiger charge is -2.16. The van der Waals surface area contributed by atoms with Crippen LogP contribution in [0, 0.1) is 6.92 Å². The predicted octanol–water partition coefficient (Wildman–Crippen LogP) is 6.64. The minimum absolute atomic E-state index is 0.109. The molecule has 0 saturated carbocycles. The first-order valence-electron chi connectivity index (χ1n) is 10.4. The Morgan fingerprint density at radius 3 is 2.12 bits per heavy atom. The van der Waals surface area contributed by atoms with Crippen LogP contribution in [0.4, 0.5) is 0 Å². The molecule has 1 aromatic heterocycles. The smallest absolute Gasteiger partial charge is 0.190 e. The number of benzene rings is 5. The third kappa shape index (κ3) is 2.53. The maximum Gasteiger partial charge on any atom is 0.190 e. The molecule has 0 atom stereocenters. The third-order valence-electron chi connectivity index (χ3n) is 6.17. The summed E-state index contributed by atoms with van der Waals surface area (Å²) in [5.74, 6) is 0.263. The zero-order chi connectivity index (χ0) is 22.0. The number of hydrogen-bond donors (Lipinski definition) is 2. The van der Waals surface area contributed by atoms with Crippen molar-refractivity contribution in [1.29, 1.82) is 0 Å². The highest BCUT2D eigenvalue weighted by molar-refractivity contribution is 6.20. The zero-order valence-corrected chi connectivity index (χ0v) is 17.2. The lowest BCUT2D eigenvalue weighted by Crippen LogP contribution is -2.00. The fraction of sp³-hybridized carbons (Fsp3) is 0.0357. The van der Waals surface area contributed by atoms with Crippen molar-refractivity contribution in [3.63, 3.8) is 0 Å². The molecule has 0 bridgehead atoms. The molecule has 0 aliphatic heterocycles. The van der Waals surface area contributed by atoms with Gasteiger partial charge in [0.25, 0.3) is 0 Å². The average molecular weight is 418 g/mol. The van der Waals surface area contributed by atoms with Crippen molar-refractivity contribution < 1.29 is 14.6 Å². The Morgan fingerprint density at radius 1 is 0.719 bits per heavy atom. The number of hydrogen-bond acceptors (Lipinski definition) is 4. The quantitative estimate of drug-likeness (QED) is 0.232. The average Bonchev–Trinajstić information content (AvgIpc) is 2.79. The standard InChI is InChI=1S/C28H18O4/c1-15-8-11-18(29)14-21(15)26-19-12-9-16-4-2-6-22(30)24(16)27(19)32-28-20(26)13-10-17-5-3-7-23(31)25(17)28/h2-14,29-30H,1H3. The maximum atomic E-state index is 12.9. The van der Waals surface area contributed by atoms with Gasteiger partial charge in [0.05, 0.1) is 10.8 Å². The van der Waals surface area contributed by atoms with Crippen molar-refractivity contribution in [3.05, 3.63) is 94.6 Å². The molecule has 0 unspecified atom stereocenters. The second kappa shape index (κ2) is 6.59. The van der Waals surface area contributed by atoms with Crippen LogP contribution in [0.25, 0.3) is 54.6 Å². The number of fused-ring (bicyclic) bond motifs is 6. The Morgan fingerprint density at radius 2 is 1.38 bits per heavy atom. The molecule has 6 rings (SSSR count). The molecule has 0 spiro atoms. The van der Waals surface area contributed by atoms with Crippen LogP contribution in [-0.4, -0.2) is 10.2 Å². The van der Waals surface area contributed by atoms with Gasteiger partial charge in [-0.1, -0.05) is 42.5 Å². The van der Waals surface area contributed by atoms with Crippen molar-refractivity contribution >= 4 is 43.5 Å². The molecule has 0 fully saturated rings. The van der Waals surface area contributed by atoms with Crippen LogP contribution >= 0.6 is 0 Å². The van der Waals surface area contributed by atoms with Gasteiger partial charge in [-0.15, -0.1) is 0 Å². The molecule has 0 radical (unpaired) electrons. The normalized spacial score (nSPS) is 11.7. The topological polar surface area (TPSA) is 70.7 Å². The van der Waals surface area contributed by atoms with E-state index in [4.69, 9.17) is 4.42 Å². The van der Waals surface area contributed by atoms with Gasteiger partial charge >= 0.3 is 0 Å². The van der Waals surface area contributed by atoms with E-state index in [9.17, 15) is 15.0 Å². The van der Waals surface area contributed by atoms with Crippen molar-refractivity contribution in [2.45, 2.75) is 6.92 Å². The first-order chi connectivity index (χ1) is 15.5. The monoisotopic (exact) mass is 418 g/mol. The molecule has 2 N–H and O–H groups in total. The summed E-state index contributed by atoms with van der Waals surface area (Å²) in [4.78, 5) is 12.9. The molecule has 0 saturated heterocycles. The van der Waals surface area contributed by atoms with E-state index in [0.29, 0.717) is 21.9 Å². The fourth-order valence-corrected chi connectivity index (χ4v) is 4.66. The highest BCUT2D eigenvalue weighted by Gasteiger charge is 2.19. The molecule has 0 aliphatic rings. The van der Waals surface area contributed by atoms with E-state index in [0.717, 1.165) is 38.2 Å². The van der Waals surface area contributed by atoms with Gasteiger partial charge < -0.3 is 14.6 Å². The fourth-order valence-electron chi connectivity index (χ4n) is 4.66. The van der Waals surface area contributed by atoms with E-state index in [1.54, 1.807) is 30.3 Å². The summed E-state index contributed by atoms with van der Waals surface area (Å²) in [6.45, 7) is 1.98. The Labute approximate surface area is 182 Å². The summed E-state index contributed by atoms with van der Waals surface area (Å²) in [5, 5.41) is 25.2. The highest BCUT2D eigenvalue weighted by Crippen LogP contribution is 2.44. The molecule has 4 heteroatoms. The number of phenolic OH excluding ortho intramolecular Hbond substituents is 2. The molecule has 154 valence electrons. The molecular formula is C28H18O4. The van der Waals surface area contributed by atoms with Gasteiger partial charge in [-0.3, -0.25) is 4.79 Å². The van der Waals surface area contributed by atoms with Crippen LogP contribution in [-0.2, 0) is 0 Å². The highest BCUT2D eigenvalue weighted by atomic mass is 16.3. The Balaban J connectivity index is 1.97. The van der Waals surface area contributed by atoms with Crippen LogP contribution < -0.4 is 5.43 Å². The molecule has 6 aromatic rings. The second-order valence-corrected chi connectivity index (χ2v) is 8.09. The maximum absolute atomic E-state index is 12.9. The lowest BCUT2D eigenvalue weighted by molar-refractivity contribution is 0.475. The molecule has 4 nitrogen and oxygen atoms in total. The minimum Gasteiger partial charge on any atom is -0.508 e. The van der Waals surface area contributed by atoms with E-state index >= 15 is 0 Å². The minimum atomic E-state index is -0.126. The van der Waals surface area contributed by atoms with E-state index in [1.165, 1.54) is 6.07 Å². The van der Waals surface area contributed by atoms with E-state index in [1.807, 2.05) is 49.4 Å². The predicted molar refractivity (Wildman–Crippen MR) is 129 cm³/mol.